The molecule has 0 bridgehead atoms. The Kier molecular flexibility index (Phi) is 3.82. The maximum absolute atomic E-state index is 12.1. The number of aromatic nitrogens is 2. The zero-order chi connectivity index (χ0) is 15.6. The van der Waals surface area contributed by atoms with Gasteiger partial charge >= 0.3 is 0 Å². The third-order valence-electron chi connectivity index (χ3n) is 3.24. The summed E-state index contributed by atoms with van der Waals surface area (Å²) in [5.41, 5.74) is -0.205. The van der Waals surface area contributed by atoms with Gasteiger partial charge in [0.05, 0.1) is 23.4 Å². The quantitative estimate of drug-likeness (QED) is 0.674. The molecule has 114 valence electrons. The van der Waals surface area contributed by atoms with Crippen molar-refractivity contribution in [2.24, 2.45) is 0 Å². The molecule has 3 rings (SSSR count). The van der Waals surface area contributed by atoms with Crippen LogP contribution in [0.4, 0.5) is 0 Å². The highest BCUT2D eigenvalue weighted by Gasteiger charge is 2.27. The lowest BCUT2D eigenvalue weighted by atomic mass is 10.0. The van der Waals surface area contributed by atoms with E-state index in [2.05, 4.69) is 15.5 Å². The molecule has 7 heteroatoms. The van der Waals surface area contributed by atoms with Crippen LogP contribution in [0.15, 0.2) is 46.4 Å². The van der Waals surface area contributed by atoms with Crippen molar-refractivity contribution in [3.8, 4) is 10.6 Å². The molecule has 0 saturated carbocycles. The van der Waals surface area contributed by atoms with Crippen LogP contribution < -0.4 is 5.32 Å². The number of H-pyrrole nitrogens is 1. The lowest BCUT2D eigenvalue weighted by molar-refractivity contribution is 0.0329. The van der Waals surface area contributed by atoms with E-state index in [0.29, 0.717) is 5.76 Å². The highest BCUT2D eigenvalue weighted by Crippen LogP contribution is 2.23. The second-order valence-electron chi connectivity index (χ2n) is 5.08. The lowest BCUT2D eigenvalue weighted by Gasteiger charge is -2.20. The molecule has 6 nitrogen and oxygen atoms in total. The normalized spacial score (nSPS) is 13.7. The van der Waals surface area contributed by atoms with Crippen LogP contribution in [-0.4, -0.2) is 27.8 Å². The molecule has 22 heavy (non-hydrogen) atoms. The van der Waals surface area contributed by atoms with E-state index in [1.165, 1.54) is 6.26 Å². The maximum atomic E-state index is 12.1. The van der Waals surface area contributed by atoms with Gasteiger partial charge in [-0.25, -0.2) is 0 Å². The van der Waals surface area contributed by atoms with Crippen molar-refractivity contribution in [3.63, 3.8) is 0 Å². The smallest absolute Gasteiger partial charge is 0.271 e. The topological polar surface area (TPSA) is 91.2 Å². The molecule has 0 radical (unpaired) electrons. The fraction of sp³-hybridized carbons (Fsp3) is 0.200. The average molecular weight is 317 g/mol. The zero-order valence-electron chi connectivity index (χ0n) is 11.9. The van der Waals surface area contributed by atoms with Gasteiger partial charge in [-0.1, -0.05) is 6.07 Å². The summed E-state index contributed by atoms with van der Waals surface area (Å²) in [5.74, 6) is 0.0417. The summed E-state index contributed by atoms with van der Waals surface area (Å²) >= 11 is 1.56. The van der Waals surface area contributed by atoms with E-state index in [4.69, 9.17) is 4.42 Å². The summed E-state index contributed by atoms with van der Waals surface area (Å²) in [6, 6.07) is 8.91. The standard InChI is InChI=1S/C15H15N3O3S/c1-15(20,13-5-2-6-21-13)9-16-14(19)11-8-10(17-18-11)12-4-3-7-22-12/h2-8,20H,9H2,1H3,(H,16,19)(H,17,18). The molecule has 0 aliphatic rings. The first-order valence-corrected chi connectivity index (χ1v) is 7.58. The number of carbonyl (C=O) groups is 1. The van der Waals surface area contributed by atoms with E-state index in [0.717, 1.165) is 10.6 Å². The molecule has 1 unspecified atom stereocenters. The number of carbonyl (C=O) groups excluding carboxylic acids is 1. The van der Waals surface area contributed by atoms with Crippen molar-refractivity contribution in [1.29, 1.82) is 0 Å². The SMILES string of the molecule is CC(O)(CNC(=O)c1cc(-c2cccs2)[nH]n1)c1ccco1. The number of thiophene rings is 1. The minimum absolute atomic E-state index is 0.0283. The number of rotatable bonds is 5. The van der Waals surface area contributed by atoms with Gasteiger partial charge in [0, 0.05) is 0 Å². The van der Waals surface area contributed by atoms with Gasteiger partial charge < -0.3 is 14.8 Å². The van der Waals surface area contributed by atoms with Crippen LogP contribution in [0.25, 0.3) is 10.6 Å². The summed E-state index contributed by atoms with van der Waals surface area (Å²) in [5, 5.41) is 21.7. The van der Waals surface area contributed by atoms with Crippen molar-refractivity contribution < 1.29 is 14.3 Å². The summed E-state index contributed by atoms with van der Waals surface area (Å²) < 4.78 is 5.17. The second kappa shape index (κ2) is 5.78. The fourth-order valence-electron chi connectivity index (χ4n) is 2.01. The first-order valence-electron chi connectivity index (χ1n) is 6.70. The van der Waals surface area contributed by atoms with E-state index >= 15 is 0 Å². The summed E-state index contributed by atoms with van der Waals surface area (Å²) in [6.45, 7) is 1.61. The Bertz CT molecular complexity index is 745. The third kappa shape index (κ3) is 2.95. The predicted molar refractivity (Wildman–Crippen MR) is 82.5 cm³/mol. The van der Waals surface area contributed by atoms with Crippen LogP contribution in [0.2, 0.25) is 0 Å². The summed E-state index contributed by atoms with van der Waals surface area (Å²) in [4.78, 5) is 13.1. The van der Waals surface area contributed by atoms with Crippen molar-refractivity contribution in [3.05, 3.63) is 53.4 Å². The Morgan fingerprint density at radius 3 is 3.05 bits per heavy atom. The van der Waals surface area contributed by atoms with E-state index < -0.39 is 5.60 Å². The van der Waals surface area contributed by atoms with Gasteiger partial charge in [-0.05, 0) is 36.6 Å². The highest BCUT2D eigenvalue weighted by molar-refractivity contribution is 7.13. The molecule has 0 spiro atoms. The van der Waals surface area contributed by atoms with Crippen LogP contribution in [0.5, 0.6) is 0 Å². The van der Waals surface area contributed by atoms with Crippen molar-refractivity contribution in [2.75, 3.05) is 6.54 Å². The molecule has 0 aromatic carbocycles. The summed E-state index contributed by atoms with van der Waals surface area (Å²) in [7, 11) is 0. The average Bonchev–Trinajstić information content (AvgIpc) is 3.26. The molecule has 3 heterocycles. The van der Waals surface area contributed by atoms with E-state index in [-0.39, 0.29) is 18.1 Å². The van der Waals surface area contributed by atoms with Crippen LogP contribution in [0, 0.1) is 0 Å². The van der Waals surface area contributed by atoms with Crippen LogP contribution >= 0.6 is 11.3 Å². The number of hydrogen-bond acceptors (Lipinski definition) is 5. The van der Waals surface area contributed by atoms with E-state index in [1.54, 1.807) is 36.5 Å². The first kappa shape index (κ1) is 14.6. The minimum Gasteiger partial charge on any atom is -0.466 e. The number of aromatic amines is 1. The Labute approximate surface area is 130 Å². The Morgan fingerprint density at radius 1 is 1.50 bits per heavy atom. The molecular weight excluding hydrogens is 302 g/mol. The highest BCUT2D eigenvalue weighted by atomic mass is 32.1. The van der Waals surface area contributed by atoms with E-state index in [9.17, 15) is 9.90 Å². The predicted octanol–water partition coefficient (Wildman–Crippen LogP) is 2.37. The number of nitrogens with one attached hydrogen (secondary N) is 2. The molecule has 0 aliphatic heterocycles. The van der Waals surface area contributed by atoms with Crippen LogP contribution in [0.1, 0.15) is 23.2 Å². The Balaban J connectivity index is 1.65. The molecule has 0 fully saturated rings. The number of amides is 1. The molecule has 3 N–H and O–H groups in total. The van der Waals surface area contributed by atoms with Crippen LogP contribution in [-0.2, 0) is 5.60 Å². The van der Waals surface area contributed by atoms with Gasteiger partial charge in [0.15, 0.2) is 5.69 Å². The largest absolute Gasteiger partial charge is 0.466 e. The number of aliphatic hydroxyl groups is 1. The first-order chi connectivity index (χ1) is 10.6. The number of nitrogens with zero attached hydrogens (tertiary/aromatic N) is 1. The fourth-order valence-corrected chi connectivity index (χ4v) is 2.70. The summed E-state index contributed by atoms with van der Waals surface area (Å²) in [6.07, 6.45) is 1.48. The lowest BCUT2D eigenvalue weighted by Crippen LogP contribution is -2.38. The van der Waals surface area contributed by atoms with Gasteiger partial charge in [-0.2, -0.15) is 5.10 Å². The third-order valence-corrected chi connectivity index (χ3v) is 4.15. The molecule has 1 atom stereocenters. The molecule has 3 aromatic rings. The van der Waals surface area contributed by atoms with Gasteiger partial charge in [0.2, 0.25) is 0 Å². The molecule has 0 saturated heterocycles. The molecule has 0 aliphatic carbocycles. The number of hydrogen-bond donors (Lipinski definition) is 3. The van der Waals surface area contributed by atoms with Crippen molar-refractivity contribution >= 4 is 17.2 Å². The second-order valence-corrected chi connectivity index (χ2v) is 6.03. The Morgan fingerprint density at radius 2 is 2.36 bits per heavy atom. The number of furan rings is 1. The van der Waals surface area contributed by atoms with Crippen molar-refractivity contribution in [2.45, 2.75) is 12.5 Å². The van der Waals surface area contributed by atoms with Gasteiger partial charge in [-0.15, -0.1) is 11.3 Å². The van der Waals surface area contributed by atoms with Crippen molar-refractivity contribution in [1.82, 2.24) is 15.5 Å². The van der Waals surface area contributed by atoms with Gasteiger partial charge in [-0.3, -0.25) is 9.89 Å². The van der Waals surface area contributed by atoms with E-state index in [1.807, 2.05) is 17.5 Å². The maximum Gasteiger partial charge on any atom is 0.271 e. The van der Waals surface area contributed by atoms with Gasteiger partial charge in [0.25, 0.3) is 5.91 Å². The molecular formula is C15H15N3O3S. The Hall–Kier alpha value is -2.38. The van der Waals surface area contributed by atoms with Gasteiger partial charge in [0.1, 0.15) is 11.4 Å². The zero-order valence-corrected chi connectivity index (χ0v) is 12.7. The monoisotopic (exact) mass is 317 g/mol. The minimum atomic E-state index is -1.27. The van der Waals surface area contributed by atoms with Crippen LogP contribution in [0.3, 0.4) is 0 Å². The molecule has 1 amide bonds. The molecule has 3 aromatic heterocycles.